The van der Waals surface area contributed by atoms with Crippen LogP contribution in [0.25, 0.3) is 11.0 Å². The Hall–Kier alpha value is -1.73. The van der Waals surface area contributed by atoms with E-state index >= 15 is 0 Å². The fourth-order valence-electron chi connectivity index (χ4n) is 2.43. The second kappa shape index (κ2) is 5.81. The Morgan fingerprint density at radius 1 is 1.27 bits per heavy atom. The highest BCUT2D eigenvalue weighted by molar-refractivity contribution is 7.91. The monoisotopic (exact) mass is 339 g/mol. The Morgan fingerprint density at radius 2 is 2.00 bits per heavy atom. The lowest BCUT2D eigenvalue weighted by atomic mass is 10.0. The van der Waals surface area contributed by atoms with Crippen LogP contribution in [0.2, 0.25) is 5.02 Å². The molecule has 0 aliphatic carbocycles. The molecule has 22 heavy (non-hydrogen) atoms. The first-order valence-corrected chi connectivity index (χ1v) is 9.06. The van der Waals surface area contributed by atoms with E-state index in [2.05, 4.69) is 15.3 Å². The summed E-state index contributed by atoms with van der Waals surface area (Å²) in [5.74, 6) is 0.0442. The first-order chi connectivity index (χ1) is 10.4. The SMILES string of the molecule is O=C(Nc1ccc2cc(Cl)cnc2n1)C1CCS(=O)(=O)CC1. The van der Waals surface area contributed by atoms with Gasteiger partial charge in [0.05, 0.1) is 16.5 Å². The van der Waals surface area contributed by atoms with Crippen LogP contribution in [-0.4, -0.2) is 35.8 Å². The number of halogens is 1. The van der Waals surface area contributed by atoms with Gasteiger partial charge in [0.2, 0.25) is 5.91 Å². The number of carbonyl (C=O) groups is 1. The van der Waals surface area contributed by atoms with E-state index < -0.39 is 9.84 Å². The Morgan fingerprint density at radius 3 is 2.73 bits per heavy atom. The molecule has 0 spiro atoms. The molecule has 0 radical (unpaired) electrons. The summed E-state index contributed by atoms with van der Waals surface area (Å²) in [7, 11) is -2.97. The van der Waals surface area contributed by atoms with Gasteiger partial charge in [-0.15, -0.1) is 0 Å². The van der Waals surface area contributed by atoms with Crippen LogP contribution in [0.5, 0.6) is 0 Å². The van der Waals surface area contributed by atoms with Crippen LogP contribution in [0.3, 0.4) is 0 Å². The predicted molar refractivity (Wildman–Crippen MR) is 84.6 cm³/mol. The largest absolute Gasteiger partial charge is 0.310 e. The number of anilines is 1. The molecule has 0 atom stereocenters. The van der Waals surface area contributed by atoms with Crippen molar-refractivity contribution < 1.29 is 13.2 Å². The first kappa shape index (κ1) is 15.2. The molecule has 1 saturated heterocycles. The fourth-order valence-corrected chi connectivity index (χ4v) is 4.09. The van der Waals surface area contributed by atoms with Crippen LogP contribution in [0, 0.1) is 5.92 Å². The van der Waals surface area contributed by atoms with Crippen LogP contribution in [-0.2, 0) is 14.6 Å². The zero-order valence-corrected chi connectivity index (χ0v) is 13.2. The number of hydrogen-bond donors (Lipinski definition) is 1. The number of sulfone groups is 1. The van der Waals surface area contributed by atoms with Crippen LogP contribution >= 0.6 is 11.6 Å². The Bertz CT molecular complexity index is 824. The number of amides is 1. The molecular weight excluding hydrogens is 326 g/mol. The van der Waals surface area contributed by atoms with Crippen molar-refractivity contribution in [2.75, 3.05) is 16.8 Å². The molecule has 6 nitrogen and oxygen atoms in total. The van der Waals surface area contributed by atoms with E-state index in [1.807, 2.05) is 0 Å². The van der Waals surface area contributed by atoms with Gasteiger partial charge in [-0.05, 0) is 31.0 Å². The number of nitrogens with zero attached hydrogens (tertiary/aromatic N) is 2. The summed E-state index contributed by atoms with van der Waals surface area (Å²) in [5.41, 5.74) is 0.494. The summed E-state index contributed by atoms with van der Waals surface area (Å²) in [4.78, 5) is 20.5. The van der Waals surface area contributed by atoms with Crippen LogP contribution in [0.1, 0.15) is 12.8 Å². The van der Waals surface area contributed by atoms with Gasteiger partial charge in [0.15, 0.2) is 5.65 Å². The van der Waals surface area contributed by atoms with Crippen molar-refractivity contribution in [1.29, 1.82) is 0 Å². The second-order valence-electron chi connectivity index (χ2n) is 5.31. The summed E-state index contributed by atoms with van der Waals surface area (Å²) < 4.78 is 22.8. The maximum atomic E-state index is 12.2. The van der Waals surface area contributed by atoms with Gasteiger partial charge in [-0.2, -0.15) is 0 Å². The molecule has 0 saturated carbocycles. The molecule has 3 rings (SSSR count). The fraction of sp³-hybridized carbons (Fsp3) is 0.357. The summed E-state index contributed by atoms with van der Waals surface area (Å²) in [5, 5.41) is 4.04. The van der Waals surface area contributed by atoms with Crippen molar-refractivity contribution in [3.05, 3.63) is 29.4 Å². The average molecular weight is 340 g/mol. The molecule has 1 fully saturated rings. The Labute approximate surface area is 132 Å². The molecular formula is C14H14ClN3O3S. The molecule has 1 N–H and O–H groups in total. The van der Waals surface area contributed by atoms with Crippen molar-refractivity contribution >= 4 is 44.2 Å². The number of fused-ring (bicyclic) bond motifs is 1. The van der Waals surface area contributed by atoms with Gasteiger partial charge in [0.25, 0.3) is 0 Å². The normalized spacial score (nSPS) is 18.2. The van der Waals surface area contributed by atoms with E-state index in [1.54, 1.807) is 18.2 Å². The van der Waals surface area contributed by atoms with Crippen molar-refractivity contribution in [2.45, 2.75) is 12.8 Å². The van der Waals surface area contributed by atoms with Crippen molar-refractivity contribution in [2.24, 2.45) is 5.92 Å². The standard InChI is InChI=1S/C14H14ClN3O3S/c15-11-7-10-1-2-12(17-13(10)16-8-11)18-14(19)9-3-5-22(20,21)6-4-9/h1-2,7-9H,3-6H2,(H,16,17,18,19). The molecule has 0 unspecified atom stereocenters. The number of nitrogens with one attached hydrogen (secondary N) is 1. The third-order valence-corrected chi connectivity index (χ3v) is 5.61. The Kier molecular flexibility index (Phi) is 4.01. The summed E-state index contributed by atoms with van der Waals surface area (Å²) in [6.07, 6.45) is 2.21. The lowest BCUT2D eigenvalue weighted by Gasteiger charge is -2.20. The highest BCUT2D eigenvalue weighted by Crippen LogP contribution is 2.21. The minimum Gasteiger partial charge on any atom is -0.310 e. The third-order valence-electron chi connectivity index (χ3n) is 3.69. The zero-order valence-electron chi connectivity index (χ0n) is 11.6. The molecule has 116 valence electrons. The molecule has 8 heteroatoms. The van der Waals surface area contributed by atoms with E-state index in [-0.39, 0.29) is 23.3 Å². The van der Waals surface area contributed by atoms with Gasteiger partial charge in [-0.3, -0.25) is 4.79 Å². The van der Waals surface area contributed by atoms with Gasteiger partial charge in [0.1, 0.15) is 15.7 Å². The van der Waals surface area contributed by atoms with E-state index in [9.17, 15) is 13.2 Å². The van der Waals surface area contributed by atoms with Crippen LogP contribution in [0.4, 0.5) is 5.82 Å². The van der Waals surface area contributed by atoms with Gasteiger partial charge in [0, 0.05) is 17.5 Å². The molecule has 2 aromatic heterocycles. The molecule has 3 heterocycles. The second-order valence-corrected chi connectivity index (χ2v) is 8.05. The van der Waals surface area contributed by atoms with Crippen molar-refractivity contribution in [3.63, 3.8) is 0 Å². The molecule has 0 bridgehead atoms. The third kappa shape index (κ3) is 3.36. The minimum atomic E-state index is -2.97. The maximum Gasteiger partial charge on any atom is 0.228 e. The van der Waals surface area contributed by atoms with Gasteiger partial charge in [-0.25, -0.2) is 18.4 Å². The zero-order chi connectivity index (χ0) is 15.7. The average Bonchev–Trinajstić information content (AvgIpc) is 2.47. The Balaban J connectivity index is 1.73. The number of aromatic nitrogens is 2. The lowest BCUT2D eigenvalue weighted by Crippen LogP contribution is -2.32. The van der Waals surface area contributed by atoms with E-state index in [4.69, 9.17) is 11.6 Å². The van der Waals surface area contributed by atoms with Crippen LogP contribution < -0.4 is 5.32 Å². The lowest BCUT2D eigenvalue weighted by molar-refractivity contribution is -0.120. The van der Waals surface area contributed by atoms with Crippen LogP contribution in [0.15, 0.2) is 24.4 Å². The van der Waals surface area contributed by atoms with E-state index in [0.717, 1.165) is 5.39 Å². The van der Waals surface area contributed by atoms with E-state index in [1.165, 1.54) is 6.20 Å². The number of carbonyl (C=O) groups excluding carboxylic acids is 1. The summed E-state index contributed by atoms with van der Waals surface area (Å²) in [6, 6.07) is 5.20. The minimum absolute atomic E-state index is 0.0658. The molecule has 1 amide bonds. The summed E-state index contributed by atoms with van der Waals surface area (Å²) >= 11 is 5.86. The highest BCUT2D eigenvalue weighted by atomic mass is 35.5. The van der Waals surface area contributed by atoms with E-state index in [0.29, 0.717) is 29.3 Å². The molecule has 1 aliphatic rings. The van der Waals surface area contributed by atoms with Gasteiger partial charge in [-0.1, -0.05) is 11.6 Å². The molecule has 1 aliphatic heterocycles. The van der Waals surface area contributed by atoms with Crippen molar-refractivity contribution in [1.82, 2.24) is 9.97 Å². The summed E-state index contributed by atoms with van der Waals surface area (Å²) in [6.45, 7) is 0. The number of rotatable bonds is 2. The van der Waals surface area contributed by atoms with Crippen molar-refractivity contribution in [3.8, 4) is 0 Å². The maximum absolute atomic E-state index is 12.2. The quantitative estimate of drug-likeness (QED) is 0.904. The predicted octanol–water partition coefficient (Wildman–Crippen LogP) is 2.05. The topological polar surface area (TPSA) is 89.0 Å². The molecule has 0 aromatic carbocycles. The number of hydrogen-bond acceptors (Lipinski definition) is 5. The smallest absolute Gasteiger partial charge is 0.228 e. The first-order valence-electron chi connectivity index (χ1n) is 6.86. The number of pyridine rings is 2. The van der Waals surface area contributed by atoms with Gasteiger partial charge < -0.3 is 5.32 Å². The van der Waals surface area contributed by atoms with Gasteiger partial charge >= 0.3 is 0 Å². The highest BCUT2D eigenvalue weighted by Gasteiger charge is 2.28. The molecule has 2 aromatic rings.